The molecule has 1 aliphatic rings. The maximum atomic E-state index is 12.3. The second kappa shape index (κ2) is 5.81. The van der Waals surface area contributed by atoms with Gasteiger partial charge in [0.25, 0.3) is 0 Å². The molecule has 1 unspecified atom stereocenters. The van der Waals surface area contributed by atoms with E-state index in [2.05, 4.69) is 6.92 Å². The summed E-state index contributed by atoms with van der Waals surface area (Å²) in [7, 11) is 0. The summed E-state index contributed by atoms with van der Waals surface area (Å²) in [6.07, 6.45) is 4.65. The number of carbonyl (C=O) groups excluding carboxylic acids is 1. The van der Waals surface area contributed by atoms with E-state index in [0.29, 0.717) is 17.1 Å². The summed E-state index contributed by atoms with van der Waals surface area (Å²) in [6.45, 7) is 2.09. The Morgan fingerprint density at radius 2 is 1.95 bits per heavy atom. The maximum absolute atomic E-state index is 12.3. The lowest BCUT2D eigenvalue weighted by atomic mass is 9.92. The summed E-state index contributed by atoms with van der Waals surface area (Å²) in [5.74, 6) is 1.02. The van der Waals surface area contributed by atoms with E-state index in [4.69, 9.17) is 4.42 Å². The fraction of sp³-hybridized carbons (Fsp3) is 0.278. The quantitative estimate of drug-likeness (QED) is 0.905. The first kappa shape index (κ1) is 14.6. The summed E-state index contributed by atoms with van der Waals surface area (Å²) in [5, 5.41) is 19.2. The molecule has 0 bridgehead atoms. The van der Waals surface area contributed by atoms with Crippen LogP contribution in [-0.2, 0) is 6.42 Å². The Labute approximate surface area is 128 Å². The molecule has 1 heterocycles. The van der Waals surface area contributed by atoms with Gasteiger partial charge in [0, 0.05) is 11.1 Å². The molecule has 22 heavy (non-hydrogen) atoms. The van der Waals surface area contributed by atoms with E-state index in [0.717, 1.165) is 30.4 Å². The molecule has 1 atom stereocenters. The number of Topliss-reactive ketones (excluding diaryl/α,β-unsaturated/α-hetero) is 1. The first-order chi connectivity index (χ1) is 10.6. The van der Waals surface area contributed by atoms with Gasteiger partial charge in [-0.2, -0.15) is 0 Å². The Morgan fingerprint density at radius 1 is 1.23 bits per heavy atom. The molecular weight excluding hydrogens is 280 g/mol. The zero-order chi connectivity index (χ0) is 15.7. The van der Waals surface area contributed by atoms with Gasteiger partial charge in [0.1, 0.15) is 23.4 Å². The standard InChI is InChI=1S/C18H18O4/c1-2-3-4-13-16-15(10-9-14(20)17(16)21)22-18(13)11-5-7-12(19)8-6-11/h5-10,14,19-20H,2-4H2,1H3. The Balaban J connectivity index is 2.14. The Morgan fingerprint density at radius 3 is 2.64 bits per heavy atom. The van der Waals surface area contributed by atoms with Crippen LogP contribution in [0.5, 0.6) is 5.75 Å². The van der Waals surface area contributed by atoms with E-state index in [9.17, 15) is 15.0 Å². The lowest BCUT2D eigenvalue weighted by molar-refractivity contribution is 0.0816. The fourth-order valence-corrected chi connectivity index (χ4v) is 2.72. The molecule has 0 amide bonds. The molecule has 4 heteroatoms. The van der Waals surface area contributed by atoms with Crippen LogP contribution in [0.1, 0.15) is 41.4 Å². The highest BCUT2D eigenvalue weighted by molar-refractivity contribution is 6.07. The summed E-state index contributed by atoms with van der Waals surface area (Å²) in [5.41, 5.74) is 2.15. The number of fused-ring (bicyclic) bond motifs is 1. The van der Waals surface area contributed by atoms with E-state index in [1.54, 1.807) is 30.3 Å². The number of aromatic hydroxyl groups is 1. The number of aliphatic hydroxyl groups excluding tert-OH is 1. The average Bonchev–Trinajstić information content (AvgIpc) is 2.89. The van der Waals surface area contributed by atoms with Crippen LogP contribution in [0.15, 0.2) is 34.8 Å². The molecule has 0 spiro atoms. The van der Waals surface area contributed by atoms with Crippen molar-refractivity contribution >= 4 is 11.9 Å². The number of phenols is 1. The van der Waals surface area contributed by atoms with Gasteiger partial charge < -0.3 is 14.6 Å². The van der Waals surface area contributed by atoms with Crippen LogP contribution in [0, 0.1) is 0 Å². The SMILES string of the molecule is CCCCc1c(-c2ccc(O)cc2)oc2c1C(=O)C(O)C=C2. The molecule has 4 nitrogen and oxygen atoms in total. The minimum atomic E-state index is -1.10. The topological polar surface area (TPSA) is 70.7 Å². The number of rotatable bonds is 4. The van der Waals surface area contributed by atoms with Crippen LogP contribution in [0.25, 0.3) is 17.4 Å². The van der Waals surface area contributed by atoms with Gasteiger partial charge in [0.15, 0.2) is 5.78 Å². The molecular formula is C18H18O4. The van der Waals surface area contributed by atoms with Gasteiger partial charge in [-0.05, 0) is 49.3 Å². The lowest BCUT2D eigenvalue weighted by Gasteiger charge is -2.10. The summed E-state index contributed by atoms with van der Waals surface area (Å²) < 4.78 is 5.88. The number of unbranched alkanes of at least 4 members (excludes halogenated alkanes) is 1. The van der Waals surface area contributed by atoms with E-state index >= 15 is 0 Å². The number of ketones is 1. The van der Waals surface area contributed by atoms with Gasteiger partial charge in [-0.15, -0.1) is 0 Å². The average molecular weight is 298 g/mol. The van der Waals surface area contributed by atoms with Gasteiger partial charge in [0.05, 0.1) is 5.56 Å². The monoisotopic (exact) mass is 298 g/mol. The van der Waals surface area contributed by atoms with Crippen molar-refractivity contribution in [2.24, 2.45) is 0 Å². The van der Waals surface area contributed by atoms with Gasteiger partial charge in [-0.3, -0.25) is 4.79 Å². The summed E-state index contributed by atoms with van der Waals surface area (Å²) >= 11 is 0. The smallest absolute Gasteiger partial charge is 0.199 e. The zero-order valence-electron chi connectivity index (χ0n) is 12.4. The number of hydrogen-bond donors (Lipinski definition) is 2. The second-order valence-corrected chi connectivity index (χ2v) is 5.47. The zero-order valence-corrected chi connectivity index (χ0v) is 12.4. The minimum absolute atomic E-state index is 0.182. The molecule has 0 radical (unpaired) electrons. The molecule has 0 fully saturated rings. The van der Waals surface area contributed by atoms with Crippen molar-refractivity contribution in [3.05, 3.63) is 47.2 Å². The highest BCUT2D eigenvalue weighted by Crippen LogP contribution is 2.36. The number of hydrogen-bond acceptors (Lipinski definition) is 4. The molecule has 2 N–H and O–H groups in total. The van der Waals surface area contributed by atoms with Crippen molar-refractivity contribution < 1.29 is 19.4 Å². The number of benzene rings is 1. The molecule has 0 saturated carbocycles. The van der Waals surface area contributed by atoms with Crippen LogP contribution in [0.2, 0.25) is 0 Å². The van der Waals surface area contributed by atoms with Crippen molar-refractivity contribution in [2.45, 2.75) is 32.3 Å². The highest BCUT2D eigenvalue weighted by Gasteiger charge is 2.30. The number of phenolic OH excluding ortho intramolecular Hbond substituents is 1. The van der Waals surface area contributed by atoms with E-state index in [1.807, 2.05) is 0 Å². The molecule has 1 aromatic heterocycles. The lowest BCUT2D eigenvalue weighted by Crippen LogP contribution is -2.22. The normalized spacial score (nSPS) is 16.8. The van der Waals surface area contributed by atoms with Crippen LogP contribution < -0.4 is 0 Å². The molecule has 2 aromatic rings. The van der Waals surface area contributed by atoms with Crippen molar-refractivity contribution in [3.63, 3.8) is 0 Å². The molecule has 1 aromatic carbocycles. The molecule has 3 rings (SSSR count). The predicted octanol–water partition coefficient (Wildman–Crippen LogP) is 3.57. The van der Waals surface area contributed by atoms with Crippen LogP contribution in [-0.4, -0.2) is 22.1 Å². The Hall–Kier alpha value is -2.33. The minimum Gasteiger partial charge on any atom is -0.508 e. The summed E-state index contributed by atoms with van der Waals surface area (Å²) in [6, 6.07) is 6.71. The van der Waals surface area contributed by atoms with Crippen molar-refractivity contribution in [3.8, 4) is 17.1 Å². The largest absolute Gasteiger partial charge is 0.508 e. The second-order valence-electron chi connectivity index (χ2n) is 5.47. The molecule has 1 aliphatic carbocycles. The third kappa shape index (κ3) is 2.46. The van der Waals surface area contributed by atoms with Crippen LogP contribution >= 0.6 is 0 Å². The Bertz CT molecular complexity index is 722. The van der Waals surface area contributed by atoms with Crippen molar-refractivity contribution in [1.29, 1.82) is 0 Å². The highest BCUT2D eigenvalue weighted by atomic mass is 16.3. The van der Waals surface area contributed by atoms with Crippen molar-refractivity contribution in [1.82, 2.24) is 0 Å². The van der Waals surface area contributed by atoms with E-state index < -0.39 is 6.10 Å². The molecule has 114 valence electrons. The first-order valence-electron chi connectivity index (χ1n) is 7.47. The van der Waals surface area contributed by atoms with Crippen molar-refractivity contribution in [2.75, 3.05) is 0 Å². The third-order valence-corrected chi connectivity index (χ3v) is 3.89. The Kier molecular flexibility index (Phi) is 3.86. The molecule has 0 aliphatic heterocycles. The van der Waals surface area contributed by atoms with E-state index in [-0.39, 0.29) is 11.5 Å². The number of furan rings is 1. The third-order valence-electron chi connectivity index (χ3n) is 3.89. The number of carbonyl (C=O) groups is 1. The van der Waals surface area contributed by atoms with Gasteiger partial charge >= 0.3 is 0 Å². The first-order valence-corrected chi connectivity index (χ1v) is 7.47. The maximum Gasteiger partial charge on any atom is 0.199 e. The van der Waals surface area contributed by atoms with Crippen LogP contribution in [0.3, 0.4) is 0 Å². The predicted molar refractivity (Wildman–Crippen MR) is 83.8 cm³/mol. The fourth-order valence-electron chi connectivity index (χ4n) is 2.72. The van der Waals surface area contributed by atoms with E-state index in [1.165, 1.54) is 6.08 Å². The molecule has 0 saturated heterocycles. The van der Waals surface area contributed by atoms with Gasteiger partial charge in [-0.25, -0.2) is 0 Å². The van der Waals surface area contributed by atoms with Crippen LogP contribution in [0.4, 0.5) is 0 Å². The van der Waals surface area contributed by atoms with Gasteiger partial charge in [0.2, 0.25) is 0 Å². The van der Waals surface area contributed by atoms with Gasteiger partial charge in [-0.1, -0.05) is 13.3 Å². The number of aliphatic hydroxyl groups is 1. The summed E-state index contributed by atoms with van der Waals surface area (Å²) in [4.78, 5) is 12.3.